The number of thiocarbonyl (C=S) groups is 1. The Morgan fingerprint density at radius 2 is 1.77 bits per heavy atom. The van der Waals surface area contributed by atoms with E-state index in [9.17, 15) is 0 Å². The van der Waals surface area contributed by atoms with Gasteiger partial charge < -0.3 is 21.1 Å². The summed E-state index contributed by atoms with van der Waals surface area (Å²) in [5.41, 5.74) is 7.80. The zero-order valence-electron chi connectivity index (χ0n) is 11.8. The SMILES string of the molecule is COc1ccc(CNC(=S)Nc2cc(Cl)c(N)c(Cl)c2)cc1. The molecule has 0 radical (unpaired) electrons. The predicted octanol–water partition coefficient (Wildman–Crippen LogP) is 4.07. The summed E-state index contributed by atoms with van der Waals surface area (Å²) >= 11 is 17.2. The molecule has 116 valence electrons. The summed E-state index contributed by atoms with van der Waals surface area (Å²) in [4.78, 5) is 0. The fraction of sp³-hybridized carbons (Fsp3) is 0.133. The number of rotatable bonds is 4. The minimum Gasteiger partial charge on any atom is -0.497 e. The highest BCUT2D eigenvalue weighted by Crippen LogP contribution is 2.31. The highest BCUT2D eigenvalue weighted by atomic mass is 35.5. The third kappa shape index (κ3) is 4.40. The first-order chi connectivity index (χ1) is 10.5. The number of halogens is 2. The Hall–Kier alpha value is -1.69. The van der Waals surface area contributed by atoms with Crippen LogP contribution in [0.2, 0.25) is 10.0 Å². The van der Waals surface area contributed by atoms with E-state index in [1.54, 1.807) is 19.2 Å². The second kappa shape index (κ2) is 7.54. The van der Waals surface area contributed by atoms with E-state index < -0.39 is 0 Å². The summed E-state index contributed by atoms with van der Waals surface area (Å²) in [6, 6.07) is 11.1. The number of hydrogen-bond acceptors (Lipinski definition) is 3. The van der Waals surface area contributed by atoms with Gasteiger partial charge in [-0.2, -0.15) is 0 Å². The molecule has 0 unspecified atom stereocenters. The van der Waals surface area contributed by atoms with Gasteiger partial charge in [0.05, 0.1) is 22.8 Å². The van der Waals surface area contributed by atoms with E-state index in [0.29, 0.717) is 33.1 Å². The van der Waals surface area contributed by atoms with Gasteiger partial charge >= 0.3 is 0 Å². The lowest BCUT2D eigenvalue weighted by Gasteiger charge is -2.12. The van der Waals surface area contributed by atoms with Crippen LogP contribution in [0, 0.1) is 0 Å². The van der Waals surface area contributed by atoms with Crippen LogP contribution < -0.4 is 21.1 Å². The van der Waals surface area contributed by atoms with E-state index in [1.807, 2.05) is 24.3 Å². The highest BCUT2D eigenvalue weighted by Gasteiger charge is 2.06. The molecular formula is C15H15Cl2N3OS. The maximum atomic E-state index is 5.98. The monoisotopic (exact) mass is 355 g/mol. The van der Waals surface area contributed by atoms with Crippen LogP contribution in [0.5, 0.6) is 5.75 Å². The minimum atomic E-state index is 0.353. The van der Waals surface area contributed by atoms with Crippen molar-refractivity contribution in [3.05, 3.63) is 52.0 Å². The number of anilines is 2. The van der Waals surface area contributed by atoms with Crippen molar-refractivity contribution in [2.75, 3.05) is 18.2 Å². The fourth-order valence-corrected chi connectivity index (χ4v) is 2.43. The number of methoxy groups -OCH3 is 1. The van der Waals surface area contributed by atoms with Crippen LogP contribution in [-0.4, -0.2) is 12.2 Å². The van der Waals surface area contributed by atoms with Crippen molar-refractivity contribution in [1.82, 2.24) is 5.32 Å². The molecule has 7 heteroatoms. The summed E-state index contributed by atoms with van der Waals surface area (Å²) in [6.07, 6.45) is 0. The van der Waals surface area contributed by atoms with E-state index in [1.165, 1.54) is 0 Å². The van der Waals surface area contributed by atoms with Gasteiger partial charge in [0.25, 0.3) is 0 Å². The molecule has 0 aliphatic carbocycles. The van der Waals surface area contributed by atoms with Gasteiger partial charge in [-0.15, -0.1) is 0 Å². The molecular weight excluding hydrogens is 341 g/mol. The van der Waals surface area contributed by atoms with Crippen LogP contribution in [0.15, 0.2) is 36.4 Å². The van der Waals surface area contributed by atoms with Gasteiger partial charge in [-0.05, 0) is 42.0 Å². The molecule has 0 bridgehead atoms. The van der Waals surface area contributed by atoms with Crippen LogP contribution in [-0.2, 0) is 6.54 Å². The predicted molar refractivity (Wildman–Crippen MR) is 96.9 cm³/mol. The fourth-order valence-electron chi connectivity index (χ4n) is 1.76. The van der Waals surface area contributed by atoms with Crippen molar-refractivity contribution in [3.63, 3.8) is 0 Å². The van der Waals surface area contributed by atoms with Gasteiger partial charge in [-0.1, -0.05) is 35.3 Å². The lowest BCUT2D eigenvalue weighted by Crippen LogP contribution is -2.27. The maximum Gasteiger partial charge on any atom is 0.171 e. The van der Waals surface area contributed by atoms with Gasteiger partial charge in [0.1, 0.15) is 5.75 Å². The molecule has 2 rings (SSSR count). The lowest BCUT2D eigenvalue weighted by molar-refractivity contribution is 0.414. The summed E-state index contributed by atoms with van der Waals surface area (Å²) in [7, 11) is 1.63. The third-order valence-corrected chi connectivity index (χ3v) is 3.82. The molecule has 2 aromatic rings. The van der Waals surface area contributed by atoms with Gasteiger partial charge in [-0.3, -0.25) is 0 Å². The summed E-state index contributed by atoms with van der Waals surface area (Å²) < 4.78 is 5.11. The van der Waals surface area contributed by atoms with Crippen molar-refractivity contribution in [2.45, 2.75) is 6.54 Å². The summed E-state index contributed by atoms with van der Waals surface area (Å²) in [6.45, 7) is 0.590. The quantitative estimate of drug-likeness (QED) is 0.570. The van der Waals surface area contributed by atoms with Crippen LogP contribution in [0.25, 0.3) is 0 Å². The molecule has 4 nitrogen and oxygen atoms in total. The van der Waals surface area contributed by atoms with Crippen LogP contribution >= 0.6 is 35.4 Å². The molecule has 22 heavy (non-hydrogen) atoms. The molecule has 0 fully saturated rings. The average molecular weight is 356 g/mol. The minimum absolute atomic E-state index is 0.353. The second-order valence-electron chi connectivity index (χ2n) is 4.51. The van der Waals surface area contributed by atoms with E-state index in [-0.39, 0.29) is 0 Å². The largest absolute Gasteiger partial charge is 0.497 e. The number of hydrogen-bond donors (Lipinski definition) is 3. The van der Waals surface area contributed by atoms with Gasteiger partial charge in [0.15, 0.2) is 5.11 Å². The molecule has 0 aromatic heterocycles. The van der Waals surface area contributed by atoms with Crippen LogP contribution in [0.1, 0.15) is 5.56 Å². The van der Waals surface area contributed by atoms with E-state index in [0.717, 1.165) is 11.3 Å². The van der Waals surface area contributed by atoms with Crippen LogP contribution in [0.4, 0.5) is 11.4 Å². The smallest absolute Gasteiger partial charge is 0.171 e. The number of nitrogens with two attached hydrogens (primary N) is 1. The Labute approximate surface area is 144 Å². The average Bonchev–Trinajstić information content (AvgIpc) is 2.51. The first-order valence-electron chi connectivity index (χ1n) is 6.42. The van der Waals surface area contributed by atoms with Crippen molar-refractivity contribution in [3.8, 4) is 5.75 Å². The first-order valence-corrected chi connectivity index (χ1v) is 7.58. The highest BCUT2D eigenvalue weighted by molar-refractivity contribution is 7.80. The Morgan fingerprint density at radius 3 is 2.32 bits per heavy atom. The topological polar surface area (TPSA) is 59.3 Å². The van der Waals surface area contributed by atoms with E-state index in [2.05, 4.69) is 10.6 Å². The zero-order chi connectivity index (χ0) is 16.1. The molecule has 0 spiro atoms. The van der Waals surface area contributed by atoms with Crippen LogP contribution in [0.3, 0.4) is 0 Å². The van der Waals surface area contributed by atoms with Crippen molar-refractivity contribution >= 4 is 51.9 Å². The zero-order valence-corrected chi connectivity index (χ0v) is 14.1. The third-order valence-electron chi connectivity index (χ3n) is 2.95. The lowest BCUT2D eigenvalue weighted by atomic mass is 10.2. The van der Waals surface area contributed by atoms with Crippen molar-refractivity contribution in [1.29, 1.82) is 0 Å². The normalized spacial score (nSPS) is 10.1. The number of nitrogen functional groups attached to an aromatic ring is 1. The Kier molecular flexibility index (Phi) is 5.71. The summed E-state index contributed by atoms with van der Waals surface area (Å²) in [5, 5.41) is 7.35. The molecule has 2 aromatic carbocycles. The standard InChI is InChI=1S/C15H15Cl2N3OS/c1-21-11-4-2-9(3-5-11)8-19-15(22)20-10-6-12(16)14(18)13(17)7-10/h2-7H,8,18H2,1H3,(H2,19,20,22). The maximum absolute atomic E-state index is 5.98. The molecule has 4 N–H and O–H groups in total. The Bertz CT molecular complexity index is 654. The number of benzene rings is 2. The summed E-state index contributed by atoms with van der Waals surface area (Å²) in [5.74, 6) is 0.815. The number of ether oxygens (including phenoxy) is 1. The molecule has 0 saturated heterocycles. The molecule has 0 atom stereocenters. The molecule has 0 amide bonds. The van der Waals surface area contributed by atoms with E-state index in [4.69, 9.17) is 45.9 Å². The molecule has 0 heterocycles. The first kappa shape index (κ1) is 16.7. The van der Waals surface area contributed by atoms with Gasteiger partial charge in [0.2, 0.25) is 0 Å². The van der Waals surface area contributed by atoms with E-state index >= 15 is 0 Å². The molecule has 0 saturated carbocycles. The van der Waals surface area contributed by atoms with Gasteiger partial charge in [0, 0.05) is 12.2 Å². The molecule has 0 aliphatic heterocycles. The van der Waals surface area contributed by atoms with Crippen molar-refractivity contribution in [2.24, 2.45) is 0 Å². The Balaban J connectivity index is 1.92. The van der Waals surface area contributed by atoms with Crippen molar-refractivity contribution < 1.29 is 4.74 Å². The number of nitrogens with one attached hydrogen (secondary N) is 2. The second-order valence-corrected chi connectivity index (χ2v) is 5.73. The van der Waals surface area contributed by atoms with Gasteiger partial charge in [-0.25, -0.2) is 0 Å². The molecule has 0 aliphatic rings. The Morgan fingerprint density at radius 1 is 1.18 bits per heavy atom.